The lowest BCUT2D eigenvalue weighted by Crippen LogP contribution is -2.31. The molecule has 0 spiro atoms. The van der Waals surface area contributed by atoms with Crippen molar-refractivity contribution in [3.63, 3.8) is 0 Å². The summed E-state index contributed by atoms with van der Waals surface area (Å²) in [6.07, 6.45) is 4.66. The van der Waals surface area contributed by atoms with Crippen molar-refractivity contribution in [1.29, 1.82) is 0 Å². The van der Waals surface area contributed by atoms with E-state index in [9.17, 15) is 9.59 Å². The third kappa shape index (κ3) is 5.56. The molecule has 10 heteroatoms. The number of hydrogen-bond acceptors (Lipinski definition) is 7. The number of nitrogens with one attached hydrogen (secondary N) is 1. The van der Waals surface area contributed by atoms with Crippen molar-refractivity contribution in [3.8, 4) is 22.5 Å². The number of aryl methyl sites for hydroxylation is 2. The fourth-order valence-electron chi connectivity index (χ4n) is 4.82. The van der Waals surface area contributed by atoms with E-state index < -0.39 is 5.91 Å². The summed E-state index contributed by atoms with van der Waals surface area (Å²) in [5.41, 5.74) is 11.5. The van der Waals surface area contributed by atoms with Gasteiger partial charge in [0.15, 0.2) is 0 Å². The van der Waals surface area contributed by atoms with Crippen LogP contribution < -0.4 is 11.3 Å². The molecule has 0 aliphatic rings. The highest BCUT2D eigenvalue weighted by Gasteiger charge is 2.18. The Morgan fingerprint density at radius 1 is 1.00 bits per heavy atom. The molecule has 0 fully saturated rings. The number of carbonyl (C=O) groups is 1. The highest BCUT2D eigenvalue weighted by molar-refractivity contribution is 5.93. The number of nitrogens with zero attached hydrogens (tertiary/aromatic N) is 6. The lowest BCUT2D eigenvalue weighted by atomic mass is 9.96. The maximum Gasteiger partial charge on any atom is 0.257 e. The lowest BCUT2D eigenvalue weighted by molar-refractivity contribution is 0.0998. The van der Waals surface area contributed by atoms with Gasteiger partial charge in [0.25, 0.3) is 11.5 Å². The summed E-state index contributed by atoms with van der Waals surface area (Å²) in [5.74, 6) is 0.524. The fraction of sp³-hybridized carbons (Fsp3) is 0.233. The maximum atomic E-state index is 13.9. The Kier molecular flexibility index (Phi) is 7.86. The molecule has 40 heavy (non-hydrogen) atoms. The minimum atomic E-state index is -0.581. The van der Waals surface area contributed by atoms with Crippen LogP contribution in [-0.2, 0) is 19.4 Å². The van der Waals surface area contributed by atoms with E-state index in [-0.39, 0.29) is 12.1 Å². The summed E-state index contributed by atoms with van der Waals surface area (Å²) in [7, 11) is 0. The van der Waals surface area contributed by atoms with Crippen molar-refractivity contribution in [2.24, 2.45) is 5.73 Å². The van der Waals surface area contributed by atoms with Gasteiger partial charge >= 0.3 is 0 Å². The van der Waals surface area contributed by atoms with Gasteiger partial charge in [-0.1, -0.05) is 61.9 Å². The zero-order valence-corrected chi connectivity index (χ0v) is 22.5. The SMILES string of the molecule is CCCCc1nc(C)n(Cc2ncccc2C(N)=O)c(=O)c1Cc1ccc(-c2ccccc2-c2nn[nH]n2)cc1. The van der Waals surface area contributed by atoms with Crippen LogP contribution in [0.3, 0.4) is 0 Å². The Hall–Kier alpha value is -4.99. The summed E-state index contributed by atoms with van der Waals surface area (Å²) < 4.78 is 1.58. The molecule has 0 saturated heterocycles. The Morgan fingerprint density at radius 2 is 1.77 bits per heavy atom. The van der Waals surface area contributed by atoms with Crippen LogP contribution in [0.5, 0.6) is 0 Å². The molecular formula is C30H30N8O2. The molecule has 1 amide bonds. The molecule has 0 aliphatic heterocycles. The smallest absolute Gasteiger partial charge is 0.257 e. The highest BCUT2D eigenvalue weighted by atomic mass is 16.1. The first kappa shape index (κ1) is 26.6. The van der Waals surface area contributed by atoms with Crippen molar-refractivity contribution in [3.05, 3.63) is 111 Å². The van der Waals surface area contributed by atoms with Gasteiger partial charge in [-0.2, -0.15) is 5.21 Å². The van der Waals surface area contributed by atoms with Crippen molar-refractivity contribution in [2.75, 3.05) is 0 Å². The van der Waals surface area contributed by atoms with Gasteiger partial charge in [-0.3, -0.25) is 19.1 Å². The molecule has 5 rings (SSSR count). The number of benzene rings is 2. The van der Waals surface area contributed by atoms with Crippen LogP contribution in [-0.4, -0.2) is 41.1 Å². The number of unbranched alkanes of at least 4 members (excludes halogenated alkanes) is 1. The predicted molar refractivity (Wildman–Crippen MR) is 152 cm³/mol. The highest BCUT2D eigenvalue weighted by Crippen LogP contribution is 2.30. The summed E-state index contributed by atoms with van der Waals surface area (Å²) >= 11 is 0. The molecule has 0 atom stereocenters. The number of hydrogen-bond donors (Lipinski definition) is 2. The van der Waals surface area contributed by atoms with E-state index in [1.807, 2.05) is 55.5 Å². The summed E-state index contributed by atoms with van der Waals surface area (Å²) in [6.45, 7) is 4.04. The standard InChI is InChI=1S/C30H30N8O2/c1-3-4-11-26-25(30(40)38(19(2)33-26)18-27-24(28(31)39)10-7-16-32-27)17-20-12-14-21(15-13-20)22-8-5-6-9-23(22)29-34-36-37-35-29/h5-10,12-16H,3-4,11,17-18H2,1-2H3,(H2,31,39)(H,34,35,36,37). The molecule has 0 radical (unpaired) electrons. The Balaban J connectivity index is 1.50. The van der Waals surface area contributed by atoms with Crippen LogP contribution in [0.15, 0.2) is 71.7 Å². The molecule has 10 nitrogen and oxygen atoms in total. The van der Waals surface area contributed by atoms with Gasteiger partial charge in [0.05, 0.1) is 23.5 Å². The number of rotatable bonds is 10. The van der Waals surface area contributed by atoms with Crippen molar-refractivity contribution in [2.45, 2.75) is 46.1 Å². The normalized spacial score (nSPS) is 11.1. The van der Waals surface area contributed by atoms with E-state index in [2.05, 4.69) is 32.5 Å². The number of carbonyl (C=O) groups excluding carboxylic acids is 1. The molecule has 0 saturated carbocycles. The number of pyridine rings is 1. The molecule has 202 valence electrons. The predicted octanol–water partition coefficient (Wildman–Crippen LogP) is 3.87. The van der Waals surface area contributed by atoms with E-state index in [0.717, 1.165) is 47.2 Å². The molecular weight excluding hydrogens is 504 g/mol. The first-order valence-corrected chi connectivity index (χ1v) is 13.2. The average molecular weight is 535 g/mol. The maximum absolute atomic E-state index is 13.9. The van der Waals surface area contributed by atoms with E-state index in [4.69, 9.17) is 10.7 Å². The Morgan fingerprint density at radius 3 is 2.48 bits per heavy atom. The fourth-order valence-corrected chi connectivity index (χ4v) is 4.82. The largest absolute Gasteiger partial charge is 0.366 e. The zero-order chi connectivity index (χ0) is 28.1. The number of H-pyrrole nitrogens is 1. The molecule has 0 aliphatic carbocycles. The van der Waals surface area contributed by atoms with Crippen LogP contribution in [0.2, 0.25) is 0 Å². The van der Waals surface area contributed by atoms with Crippen molar-refractivity contribution >= 4 is 5.91 Å². The number of tetrazole rings is 1. The van der Waals surface area contributed by atoms with E-state index in [0.29, 0.717) is 34.9 Å². The van der Waals surface area contributed by atoms with E-state index in [1.165, 1.54) is 0 Å². The van der Waals surface area contributed by atoms with Gasteiger partial charge in [0.1, 0.15) is 5.82 Å². The third-order valence-corrected chi connectivity index (χ3v) is 6.93. The number of nitrogens with two attached hydrogens (primary N) is 1. The second-order valence-corrected chi connectivity index (χ2v) is 9.60. The summed E-state index contributed by atoms with van der Waals surface area (Å²) in [6, 6.07) is 19.3. The second-order valence-electron chi connectivity index (χ2n) is 9.60. The molecule has 0 unspecified atom stereocenters. The van der Waals surface area contributed by atoms with Crippen LogP contribution >= 0.6 is 0 Å². The second kappa shape index (κ2) is 11.8. The Bertz CT molecular complexity index is 1690. The number of amides is 1. The summed E-state index contributed by atoms with van der Waals surface area (Å²) in [5, 5.41) is 14.4. The summed E-state index contributed by atoms with van der Waals surface area (Å²) in [4.78, 5) is 35.0. The first-order valence-electron chi connectivity index (χ1n) is 13.2. The third-order valence-electron chi connectivity index (χ3n) is 6.93. The molecule has 3 heterocycles. The van der Waals surface area contributed by atoms with E-state index >= 15 is 0 Å². The quantitative estimate of drug-likeness (QED) is 0.277. The molecule has 3 aromatic heterocycles. The van der Waals surface area contributed by atoms with Crippen LogP contribution in [0.25, 0.3) is 22.5 Å². The number of primary amides is 1. The van der Waals surface area contributed by atoms with Gasteiger partial charge in [0.2, 0.25) is 5.82 Å². The molecule has 5 aromatic rings. The minimum Gasteiger partial charge on any atom is -0.366 e. The van der Waals surface area contributed by atoms with Crippen molar-refractivity contribution < 1.29 is 4.79 Å². The topological polar surface area (TPSA) is 145 Å². The van der Waals surface area contributed by atoms with Gasteiger partial charge in [-0.15, -0.1) is 10.2 Å². The van der Waals surface area contributed by atoms with Crippen LogP contribution in [0.1, 0.15) is 58.5 Å². The lowest BCUT2D eigenvalue weighted by Gasteiger charge is -2.16. The van der Waals surface area contributed by atoms with Crippen LogP contribution in [0.4, 0.5) is 0 Å². The zero-order valence-electron chi connectivity index (χ0n) is 22.5. The molecule has 0 bridgehead atoms. The number of aromatic amines is 1. The molecule has 3 N–H and O–H groups in total. The van der Waals surface area contributed by atoms with Crippen molar-refractivity contribution in [1.82, 2.24) is 35.2 Å². The average Bonchev–Trinajstić information content (AvgIpc) is 3.51. The number of aromatic nitrogens is 7. The molecule has 2 aromatic carbocycles. The van der Waals surface area contributed by atoms with E-state index in [1.54, 1.807) is 22.9 Å². The monoisotopic (exact) mass is 534 g/mol. The van der Waals surface area contributed by atoms with Gasteiger partial charge < -0.3 is 5.73 Å². The van der Waals surface area contributed by atoms with Gasteiger partial charge in [0, 0.05) is 23.7 Å². The van der Waals surface area contributed by atoms with Gasteiger partial charge in [-0.25, -0.2) is 4.98 Å². The van der Waals surface area contributed by atoms with Crippen LogP contribution in [0, 0.1) is 6.92 Å². The minimum absolute atomic E-state index is 0.115. The van der Waals surface area contributed by atoms with Gasteiger partial charge in [-0.05, 0) is 53.8 Å². The first-order chi connectivity index (χ1) is 19.5. The Labute approximate surface area is 231 Å².